The fraction of sp³-hybridized carbons (Fsp3) is 0.875. The van der Waals surface area contributed by atoms with E-state index < -0.39 is 0 Å². The van der Waals surface area contributed by atoms with Gasteiger partial charge < -0.3 is 16.8 Å². The summed E-state index contributed by atoms with van der Waals surface area (Å²) in [4.78, 5) is 23.2. The number of primary amides is 1. The minimum Gasteiger partial charge on any atom is -0.370 e. The molecule has 0 aromatic carbocycles. The third kappa shape index (κ3) is 9.26. The Morgan fingerprint density at radius 3 is 2.27 bits per heavy atom. The van der Waals surface area contributed by atoms with Crippen LogP contribution in [0.15, 0.2) is 0 Å². The number of rotatable bonds is 10. The topological polar surface area (TPSA) is 98.2 Å². The number of nitrogens with two attached hydrogens (primary N) is 2. The second-order valence-corrected chi connectivity index (χ2v) is 6.20. The summed E-state index contributed by atoms with van der Waals surface area (Å²) in [7, 11) is 0. The van der Waals surface area contributed by atoms with E-state index in [1.165, 1.54) is 19.3 Å². The van der Waals surface area contributed by atoms with Gasteiger partial charge in [0.25, 0.3) is 0 Å². The fourth-order valence-electron chi connectivity index (χ4n) is 3.15. The van der Waals surface area contributed by atoms with Gasteiger partial charge in [0.15, 0.2) is 0 Å². The van der Waals surface area contributed by atoms with Crippen LogP contribution >= 0.6 is 12.4 Å². The van der Waals surface area contributed by atoms with Crippen LogP contribution in [0.3, 0.4) is 0 Å². The predicted octanol–water partition coefficient (Wildman–Crippen LogP) is 2.26. The van der Waals surface area contributed by atoms with Gasteiger partial charge in [0.2, 0.25) is 11.8 Å². The number of hydrogen-bond donors (Lipinski definition) is 3. The maximum absolute atomic E-state index is 12.0. The van der Waals surface area contributed by atoms with Gasteiger partial charge in [0.1, 0.15) is 0 Å². The van der Waals surface area contributed by atoms with E-state index in [-0.39, 0.29) is 36.7 Å². The van der Waals surface area contributed by atoms with E-state index in [0.717, 1.165) is 38.5 Å². The average Bonchev–Trinajstić information content (AvgIpc) is 2.47. The number of nitrogens with one attached hydrogen (secondary N) is 1. The summed E-state index contributed by atoms with van der Waals surface area (Å²) < 4.78 is 0. The molecule has 0 bridgehead atoms. The van der Waals surface area contributed by atoms with Crippen LogP contribution in [0, 0.1) is 5.92 Å². The zero-order valence-electron chi connectivity index (χ0n) is 13.5. The quantitative estimate of drug-likeness (QED) is 0.535. The standard InChI is InChI=1S/C16H31N3O2.ClH/c17-11-7-2-1-6-10-16(21)19-14(12-15(18)20)13-8-4-3-5-9-13;/h13-14H,1-12,17H2,(H2,18,20)(H,19,21);1H. The summed E-state index contributed by atoms with van der Waals surface area (Å²) >= 11 is 0. The van der Waals surface area contributed by atoms with Crippen molar-refractivity contribution in [3.63, 3.8) is 0 Å². The molecule has 2 amide bonds. The minimum atomic E-state index is -0.325. The van der Waals surface area contributed by atoms with Crippen LogP contribution in [0.4, 0.5) is 0 Å². The molecule has 0 saturated heterocycles. The number of halogens is 1. The fourth-order valence-corrected chi connectivity index (χ4v) is 3.15. The highest BCUT2D eigenvalue weighted by molar-refractivity contribution is 5.85. The van der Waals surface area contributed by atoms with Gasteiger partial charge in [-0.1, -0.05) is 32.1 Å². The van der Waals surface area contributed by atoms with Crippen LogP contribution in [0.25, 0.3) is 0 Å². The van der Waals surface area contributed by atoms with E-state index in [0.29, 0.717) is 18.9 Å². The molecule has 5 nitrogen and oxygen atoms in total. The molecule has 0 aromatic heterocycles. The lowest BCUT2D eigenvalue weighted by Gasteiger charge is -2.30. The van der Waals surface area contributed by atoms with Gasteiger partial charge in [0.05, 0.1) is 0 Å². The summed E-state index contributed by atoms with van der Waals surface area (Å²) in [6.07, 6.45) is 10.7. The normalized spacial score (nSPS) is 16.6. The van der Waals surface area contributed by atoms with Crippen LogP contribution < -0.4 is 16.8 Å². The third-order valence-corrected chi connectivity index (χ3v) is 4.34. The predicted molar refractivity (Wildman–Crippen MR) is 91.7 cm³/mol. The average molecular weight is 334 g/mol. The smallest absolute Gasteiger partial charge is 0.220 e. The maximum atomic E-state index is 12.0. The van der Waals surface area contributed by atoms with Gasteiger partial charge >= 0.3 is 0 Å². The molecule has 0 heterocycles. The molecule has 1 rings (SSSR count). The first-order valence-electron chi connectivity index (χ1n) is 8.41. The Morgan fingerprint density at radius 2 is 1.68 bits per heavy atom. The lowest BCUT2D eigenvalue weighted by atomic mass is 9.82. The molecule has 0 radical (unpaired) electrons. The zero-order valence-corrected chi connectivity index (χ0v) is 14.3. The van der Waals surface area contributed by atoms with E-state index in [4.69, 9.17) is 11.5 Å². The van der Waals surface area contributed by atoms with Crippen LogP contribution in [0.5, 0.6) is 0 Å². The van der Waals surface area contributed by atoms with E-state index >= 15 is 0 Å². The Bertz CT molecular complexity index is 321. The van der Waals surface area contributed by atoms with Gasteiger partial charge in [-0.25, -0.2) is 0 Å². The van der Waals surface area contributed by atoms with E-state index in [2.05, 4.69) is 5.32 Å². The van der Waals surface area contributed by atoms with Crippen molar-refractivity contribution < 1.29 is 9.59 Å². The number of hydrogen-bond acceptors (Lipinski definition) is 3. The summed E-state index contributed by atoms with van der Waals surface area (Å²) in [6.45, 7) is 0.717. The lowest BCUT2D eigenvalue weighted by molar-refractivity contribution is -0.123. The van der Waals surface area contributed by atoms with Crippen molar-refractivity contribution in [2.75, 3.05) is 6.54 Å². The number of unbranched alkanes of at least 4 members (excludes halogenated alkanes) is 3. The first kappa shape index (κ1) is 21.2. The van der Waals surface area contributed by atoms with Crippen molar-refractivity contribution in [2.45, 2.75) is 76.7 Å². The Labute approximate surface area is 140 Å². The Morgan fingerprint density at radius 1 is 1.05 bits per heavy atom. The van der Waals surface area contributed by atoms with Gasteiger partial charge in [0, 0.05) is 18.9 Å². The molecule has 6 heteroatoms. The molecule has 1 atom stereocenters. The molecule has 1 unspecified atom stereocenters. The number of carbonyl (C=O) groups is 2. The third-order valence-electron chi connectivity index (χ3n) is 4.34. The largest absolute Gasteiger partial charge is 0.370 e. The van der Waals surface area contributed by atoms with Crippen LogP contribution in [0.2, 0.25) is 0 Å². The zero-order chi connectivity index (χ0) is 15.5. The van der Waals surface area contributed by atoms with Crippen molar-refractivity contribution in [1.82, 2.24) is 5.32 Å². The second kappa shape index (κ2) is 12.7. The Balaban J connectivity index is 0.00000441. The molecule has 22 heavy (non-hydrogen) atoms. The van der Waals surface area contributed by atoms with Crippen molar-refractivity contribution in [3.8, 4) is 0 Å². The molecule has 5 N–H and O–H groups in total. The second-order valence-electron chi connectivity index (χ2n) is 6.20. The molecular weight excluding hydrogens is 302 g/mol. The number of carbonyl (C=O) groups excluding carboxylic acids is 2. The maximum Gasteiger partial charge on any atom is 0.220 e. The summed E-state index contributed by atoms with van der Waals surface area (Å²) in [5.74, 6) is 0.140. The first-order valence-corrected chi connectivity index (χ1v) is 8.41. The van der Waals surface area contributed by atoms with Crippen molar-refractivity contribution in [2.24, 2.45) is 17.4 Å². The minimum absolute atomic E-state index is 0. The lowest BCUT2D eigenvalue weighted by Crippen LogP contribution is -2.43. The SMILES string of the molecule is Cl.NCCCCCCC(=O)NC(CC(N)=O)C1CCCCC1. The van der Waals surface area contributed by atoms with E-state index in [9.17, 15) is 9.59 Å². The summed E-state index contributed by atoms with van der Waals surface area (Å²) in [6, 6.07) is -0.0701. The Hall–Kier alpha value is -0.810. The van der Waals surface area contributed by atoms with Gasteiger partial charge in [-0.2, -0.15) is 0 Å². The van der Waals surface area contributed by atoms with Crippen molar-refractivity contribution in [3.05, 3.63) is 0 Å². The molecular formula is C16H32ClN3O2. The monoisotopic (exact) mass is 333 g/mol. The first-order chi connectivity index (χ1) is 10.1. The molecule has 1 aliphatic rings. The van der Waals surface area contributed by atoms with Crippen LogP contribution in [0.1, 0.15) is 70.6 Å². The molecule has 1 saturated carbocycles. The molecule has 0 aromatic rings. The Kier molecular flexibility index (Phi) is 12.2. The molecule has 0 spiro atoms. The van der Waals surface area contributed by atoms with Gasteiger partial charge in [-0.15, -0.1) is 12.4 Å². The highest BCUT2D eigenvalue weighted by Gasteiger charge is 2.26. The van der Waals surface area contributed by atoms with Gasteiger partial charge in [-0.05, 0) is 38.1 Å². The van der Waals surface area contributed by atoms with Crippen molar-refractivity contribution >= 4 is 24.2 Å². The molecule has 130 valence electrons. The van der Waals surface area contributed by atoms with E-state index in [1.54, 1.807) is 0 Å². The molecule has 1 aliphatic carbocycles. The highest BCUT2D eigenvalue weighted by Crippen LogP contribution is 2.27. The van der Waals surface area contributed by atoms with Crippen molar-refractivity contribution in [1.29, 1.82) is 0 Å². The molecule has 0 aliphatic heterocycles. The van der Waals surface area contributed by atoms with Crippen LogP contribution in [-0.4, -0.2) is 24.4 Å². The van der Waals surface area contributed by atoms with E-state index in [1.807, 2.05) is 0 Å². The number of amides is 2. The molecule has 1 fully saturated rings. The highest BCUT2D eigenvalue weighted by atomic mass is 35.5. The van der Waals surface area contributed by atoms with Crippen LogP contribution in [-0.2, 0) is 9.59 Å². The summed E-state index contributed by atoms with van der Waals surface area (Å²) in [5.41, 5.74) is 10.8. The summed E-state index contributed by atoms with van der Waals surface area (Å²) in [5, 5.41) is 3.04. The van der Waals surface area contributed by atoms with Gasteiger partial charge in [-0.3, -0.25) is 9.59 Å².